The van der Waals surface area contributed by atoms with Crippen LogP contribution < -0.4 is 0 Å². The third-order valence-electron chi connectivity index (χ3n) is 2.89. The fourth-order valence-electron chi connectivity index (χ4n) is 2.07. The highest BCUT2D eigenvalue weighted by Crippen LogP contribution is 2.27. The number of aromatic nitrogens is 2. The van der Waals surface area contributed by atoms with Crippen LogP contribution in [0.2, 0.25) is 5.02 Å². The van der Waals surface area contributed by atoms with Crippen LogP contribution in [-0.2, 0) is 6.54 Å². The number of hydrogen-bond acceptors (Lipinski definition) is 1. The van der Waals surface area contributed by atoms with Crippen molar-refractivity contribution in [2.45, 2.75) is 6.54 Å². The average Bonchev–Trinajstić information content (AvgIpc) is 2.67. The molecular formula is C14H9ClFIN2. The van der Waals surface area contributed by atoms with Crippen molar-refractivity contribution in [1.29, 1.82) is 0 Å². The van der Waals surface area contributed by atoms with Crippen molar-refractivity contribution < 1.29 is 4.39 Å². The zero-order valence-electron chi connectivity index (χ0n) is 9.78. The fraction of sp³-hybridized carbons (Fsp3) is 0.0714. The van der Waals surface area contributed by atoms with E-state index in [2.05, 4.69) is 27.7 Å². The molecule has 3 rings (SSSR count). The van der Waals surface area contributed by atoms with Crippen LogP contribution in [0.4, 0.5) is 4.39 Å². The Kier molecular flexibility index (Phi) is 3.45. The van der Waals surface area contributed by atoms with Crippen LogP contribution in [-0.4, -0.2) is 9.78 Å². The first-order valence-corrected chi connectivity index (χ1v) is 7.16. The lowest BCUT2D eigenvalue weighted by Crippen LogP contribution is -2.02. The Balaban J connectivity index is 2.15. The predicted molar refractivity (Wildman–Crippen MR) is 83.0 cm³/mol. The third-order valence-corrected chi connectivity index (χ3v) is 3.91. The van der Waals surface area contributed by atoms with Crippen molar-refractivity contribution >= 4 is 45.1 Å². The molecule has 0 bridgehead atoms. The molecule has 3 aromatic rings. The van der Waals surface area contributed by atoms with Gasteiger partial charge in [0.1, 0.15) is 9.22 Å². The van der Waals surface area contributed by atoms with Gasteiger partial charge in [0, 0.05) is 10.4 Å². The van der Waals surface area contributed by atoms with Crippen LogP contribution in [0.25, 0.3) is 10.9 Å². The molecule has 0 atom stereocenters. The molecule has 1 heterocycles. The molecule has 0 N–H and O–H groups in total. The molecule has 0 fully saturated rings. The molecule has 1 aromatic heterocycles. The molecule has 0 spiro atoms. The molecule has 0 unspecified atom stereocenters. The molecule has 0 radical (unpaired) electrons. The first-order valence-electron chi connectivity index (χ1n) is 5.70. The first kappa shape index (κ1) is 12.9. The van der Waals surface area contributed by atoms with Crippen molar-refractivity contribution in [3.05, 3.63) is 62.6 Å². The zero-order chi connectivity index (χ0) is 13.4. The van der Waals surface area contributed by atoms with E-state index in [0.717, 1.165) is 14.7 Å². The van der Waals surface area contributed by atoms with Gasteiger partial charge in [0.2, 0.25) is 0 Å². The van der Waals surface area contributed by atoms with E-state index in [4.69, 9.17) is 11.6 Å². The molecule has 96 valence electrons. The van der Waals surface area contributed by atoms with Gasteiger partial charge in [-0.1, -0.05) is 41.9 Å². The second-order valence-corrected chi connectivity index (χ2v) is 5.68. The predicted octanol–water partition coefficient (Wildman–Crippen LogP) is 4.48. The van der Waals surface area contributed by atoms with Gasteiger partial charge in [-0.2, -0.15) is 5.10 Å². The van der Waals surface area contributed by atoms with Gasteiger partial charge in [-0.15, -0.1) is 0 Å². The van der Waals surface area contributed by atoms with E-state index < -0.39 is 0 Å². The van der Waals surface area contributed by atoms with E-state index in [1.165, 1.54) is 6.07 Å². The number of benzene rings is 2. The number of halogens is 3. The zero-order valence-corrected chi connectivity index (χ0v) is 12.7. The second kappa shape index (κ2) is 5.09. The summed E-state index contributed by atoms with van der Waals surface area (Å²) in [5.74, 6) is -0.339. The lowest BCUT2D eigenvalue weighted by Gasteiger charge is -2.04. The maximum atomic E-state index is 14.1. The summed E-state index contributed by atoms with van der Waals surface area (Å²) in [6.45, 7) is 0.541. The summed E-state index contributed by atoms with van der Waals surface area (Å²) in [4.78, 5) is 0. The Morgan fingerprint density at radius 1 is 1.21 bits per heavy atom. The molecule has 0 amide bonds. The number of rotatable bonds is 2. The number of hydrogen-bond donors (Lipinski definition) is 0. The van der Waals surface area contributed by atoms with Gasteiger partial charge >= 0.3 is 0 Å². The standard InChI is InChI=1S/C14H9ClFIN2/c15-10-6-11-13(12(16)7-10)19(18-14(11)17)8-9-4-2-1-3-5-9/h1-7H,8H2. The molecule has 2 aromatic carbocycles. The summed E-state index contributed by atoms with van der Waals surface area (Å²) in [6, 6.07) is 12.9. The minimum absolute atomic E-state index is 0.339. The topological polar surface area (TPSA) is 17.8 Å². The minimum Gasteiger partial charge on any atom is -0.256 e. The van der Waals surface area contributed by atoms with Crippen molar-refractivity contribution in [2.24, 2.45) is 0 Å². The van der Waals surface area contributed by atoms with Crippen molar-refractivity contribution in [1.82, 2.24) is 9.78 Å². The van der Waals surface area contributed by atoms with E-state index in [1.54, 1.807) is 10.7 Å². The Morgan fingerprint density at radius 2 is 1.95 bits per heavy atom. The quantitative estimate of drug-likeness (QED) is 0.594. The van der Waals surface area contributed by atoms with Gasteiger partial charge in [0.15, 0.2) is 5.82 Å². The smallest absolute Gasteiger partial charge is 0.150 e. The number of fused-ring (bicyclic) bond motifs is 1. The van der Waals surface area contributed by atoms with Gasteiger partial charge in [-0.25, -0.2) is 4.39 Å². The molecular weight excluding hydrogens is 378 g/mol. The highest BCUT2D eigenvalue weighted by molar-refractivity contribution is 14.1. The van der Waals surface area contributed by atoms with Crippen LogP contribution in [0.15, 0.2) is 42.5 Å². The van der Waals surface area contributed by atoms with E-state index in [1.807, 2.05) is 30.3 Å². The normalized spacial score (nSPS) is 11.1. The summed E-state index contributed by atoms with van der Waals surface area (Å²) in [6.07, 6.45) is 0. The Morgan fingerprint density at radius 3 is 2.68 bits per heavy atom. The maximum Gasteiger partial charge on any atom is 0.150 e. The highest BCUT2D eigenvalue weighted by atomic mass is 127. The summed E-state index contributed by atoms with van der Waals surface area (Å²) < 4.78 is 16.5. The molecule has 0 saturated heterocycles. The van der Waals surface area contributed by atoms with Gasteiger partial charge < -0.3 is 0 Å². The molecule has 5 heteroatoms. The maximum absolute atomic E-state index is 14.1. The molecule has 2 nitrogen and oxygen atoms in total. The molecule has 0 aliphatic rings. The fourth-order valence-corrected chi connectivity index (χ4v) is 2.94. The first-order chi connectivity index (χ1) is 9.15. The van der Waals surface area contributed by atoms with Crippen LogP contribution in [0.3, 0.4) is 0 Å². The Labute approximate surface area is 128 Å². The molecule has 19 heavy (non-hydrogen) atoms. The summed E-state index contributed by atoms with van der Waals surface area (Å²) >= 11 is 7.98. The van der Waals surface area contributed by atoms with Gasteiger partial charge in [0.25, 0.3) is 0 Å². The monoisotopic (exact) mass is 386 g/mol. The van der Waals surface area contributed by atoms with Gasteiger partial charge in [-0.3, -0.25) is 4.68 Å². The van der Waals surface area contributed by atoms with E-state index in [9.17, 15) is 4.39 Å². The lowest BCUT2D eigenvalue weighted by molar-refractivity contribution is 0.615. The molecule has 0 saturated carbocycles. The second-order valence-electron chi connectivity index (χ2n) is 4.22. The molecule has 0 aliphatic heterocycles. The van der Waals surface area contributed by atoms with E-state index in [0.29, 0.717) is 17.1 Å². The van der Waals surface area contributed by atoms with Crippen LogP contribution in [0, 0.1) is 9.52 Å². The minimum atomic E-state index is -0.339. The van der Waals surface area contributed by atoms with Gasteiger partial charge in [0.05, 0.1) is 6.54 Å². The van der Waals surface area contributed by atoms with E-state index >= 15 is 0 Å². The van der Waals surface area contributed by atoms with Crippen molar-refractivity contribution in [3.63, 3.8) is 0 Å². The van der Waals surface area contributed by atoms with Crippen LogP contribution >= 0.6 is 34.2 Å². The summed E-state index contributed by atoms with van der Waals surface area (Å²) in [7, 11) is 0. The lowest BCUT2D eigenvalue weighted by atomic mass is 10.2. The highest BCUT2D eigenvalue weighted by Gasteiger charge is 2.14. The van der Waals surface area contributed by atoms with Crippen molar-refractivity contribution in [3.8, 4) is 0 Å². The summed E-state index contributed by atoms with van der Waals surface area (Å²) in [5.41, 5.74) is 1.58. The largest absolute Gasteiger partial charge is 0.256 e. The Hall–Kier alpha value is -1.14. The van der Waals surface area contributed by atoms with Crippen LogP contribution in [0.5, 0.6) is 0 Å². The third kappa shape index (κ3) is 2.47. The molecule has 0 aliphatic carbocycles. The van der Waals surface area contributed by atoms with Gasteiger partial charge in [-0.05, 0) is 40.3 Å². The number of nitrogens with zero attached hydrogens (tertiary/aromatic N) is 2. The summed E-state index contributed by atoms with van der Waals surface area (Å²) in [5, 5.41) is 5.53. The SMILES string of the molecule is Fc1cc(Cl)cc2c(I)nn(Cc3ccccc3)c12. The van der Waals surface area contributed by atoms with Crippen LogP contribution in [0.1, 0.15) is 5.56 Å². The Bertz CT molecular complexity index is 740. The van der Waals surface area contributed by atoms with E-state index in [-0.39, 0.29) is 5.82 Å². The van der Waals surface area contributed by atoms with Crippen molar-refractivity contribution in [2.75, 3.05) is 0 Å². The average molecular weight is 387 g/mol.